The molecule has 2 atom stereocenters. The topological polar surface area (TPSA) is 46.2 Å². The lowest BCUT2D eigenvalue weighted by Crippen LogP contribution is -2.37. The van der Waals surface area contributed by atoms with Gasteiger partial charge in [-0.25, -0.2) is 4.39 Å². The molecule has 0 bridgehead atoms. The Labute approximate surface area is 116 Å². The van der Waals surface area contributed by atoms with Gasteiger partial charge in [-0.3, -0.25) is 0 Å². The highest BCUT2D eigenvalue weighted by Crippen LogP contribution is 2.31. The second kappa shape index (κ2) is 6.14. The van der Waals surface area contributed by atoms with E-state index in [1.165, 1.54) is 0 Å². The molecule has 98 valence electrons. The molecule has 0 aliphatic rings. The highest BCUT2D eigenvalue weighted by Gasteiger charge is 2.30. The van der Waals surface area contributed by atoms with E-state index in [0.717, 1.165) is 0 Å². The molecule has 17 heavy (non-hydrogen) atoms. The van der Waals surface area contributed by atoms with Crippen LogP contribution in [0.1, 0.15) is 32.4 Å². The number of halogens is 3. The first-order chi connectivity index (χ1) is 7.25. The highest BCUT2D eigenvalue weighted by atomic mass is 79.9. The quantitative estimate of drug-likeness (QED) is 0.875. The molecule has 1 aromatic rings. The molecule has 0 spiro atoms. The number of aliphatic hydroxyl groups excluding tert-OH is 1. The minimum atomic E-state index is -0.795. The van der Waals surface area contributed by atoms with Crippen LogP contribution in [0, 0.1) is 11.2 Å². The average Bonchev–Trinajstić information content (AvgIpc) is 2.18. The first-order valence-electron chi connectivity index (χ1n) is 5.12. The minimum absolute atomic E-state index is 0. The summed E-state index contributed by atoms with van der Waals surface area (Å²) >= 11 is 3.10. The van der Waals surface area contributed by atoms with E-state index < -0.39 is 18.0 Å². The van der Waals surface area contributed by atoms with E-state index in [1.54, 1.807) is 18.2 Å². The molecule has 5 heteroatoms. The van der Waals surface area contributed by atoms with Gasteiger partial charge in [-0.15, -0.1) is 12.4 Å². The van der Waals surface area contributed by atoms with E-state index in [9.17, 15) is 9.50 Å². The molecule has 0 saturated heterocycles. The van der Waals surface area contributed by atoms with Crippen molar-refractivity contribution in [1.29, 1.82) is 0 Å². The Morgan fingerprint density at radius 3 is 2.35 bits per heavy atom. The fraction of sp³-hybridized carbons (Fsp3) is 0.500. The summed E-state index contributed by atoms with van der Waals surface area (Å²) in [6.45, 7) is 5.61. The van der Waals surface area contributed by atoms with Gasteiger partial charge in [-0.2, -0.15) is 0 Å². The zero-order valence-corrected chi connectivity index (χ0v) is 12.5. The van der Waals surface area contributed by atoms with Crippen molar-refractivity contribution in [2.75, 3.05) is 0 Å². The highest BCUT2D eigenvalue weighted by molar-refractivity contribution is 9.10. The van der Waals surface area contributed by atoms with Crippen LogP contribution in [0.4, 0.5) is 4.39 Å². The van der Waals surface area contributed by atoms with Crippen LogP contribution < -0.4 is 5.73 Å². The monoisotopic (exact) mass is 325 g/mol. The number of rotatable bonds is 2. The first kappa shape index (κ1) is 16.8. The second-order valence-electron chi connectivity index (χ2n) is 4.98. The average molecular weight is 327 g/mol. The Kier molecular flexibility index (Phi) is 6.08. The Morgan fingerprint density at radius 1 is 1.35 bits per heavy atom. The van der Waals surface area contributed by atoms with E-state index >= 15 is 0 Å². The van der Waals surface area contributed by atoms with Gasteiger partial charge in [0.05, 0.1) is 16.6 Å². The summed E-state index contributed by atoms with van der Waals surface area (Å²) in [4.78, 5) is 0. The summed E-state index contributed by atoms with van der Waals surface area (Å²) in [5.74, 6) is -0.404. The zero-order chi connectivity index (χ0) is 12.5. The van der Waals surface area contributed by atoms with Crippen molar-refractivity contribution < 1.29 is 9.50 Å². The van der Waals surface area contributed by atoms with Crippen molar-refractivity contribution in [3.8, 4) is 0 Å². The van der Waals surface area contributed by atoms with Crippen LogP contribution in [-0.4, -0.2) is 11.2 Å². The lowest BCUT2D eigenvalue weighted by Gasteiger charge is -2.31. The van der Waals surface area contributed by atoms with Gasteiger partial charge in [0.1, 0.15) is 5.82 Å². The summed E-state index contributed by atoms with van der Waals surface area (Å²) in [5, 5.41) is 10.0. The number of hydrogen-bond donors (Lipinski definition) is 2. The molecular weight excluding hydrogens is 308 g/mol. The van der Waals surface area contributed by atoms with E-state index in [0.29, 0.717) is 10.0 Å². The molecule has 1 aromatic carbocycles. The van der Waals surface area contributed by atoms with Gasteiger partial charge in [0, 0.05) is 5.56 Å². The fourth-order valence-electron chi connectivity index (χ4n) is 1.49. The normalized spacial score (nSPS) is 15.0. The van der Waals surface area contributed by atoms with Gasteiger partial charge in [0.2, 0.25) is 0 Å². The Bertz CT molecular complexity index is 381. The maximum atomic E-state index is 13.8. The van der Waals surface area contributed by atoms with Crippen molar-refractivity contribution in [2.24, 2.45) is 11.1 Å². The molecule has 0 aliphatic carbocycles. The Morgan fingerprint density at radius 2 is 1.88 bits per heavy atom. The first-order valence-corrected chi connectivity index (χ1v) is 5.92. The van der Waals surface area contributed by atoms with E-state index in [4.69, 9.17) is 5.73 Å². The van der Waals surface area contributed by atoms with Gasteiger partial charge >= 0.3 is 0 Å². The maximum absolute atomic E-state index is 13.8. The lowest BCUT2D eigenvalue weighted by atomic mass is 9.82. The zero-order valence-electron chi connectivity index (χ0n) is 10.1. The molecule has 0 aliphatic heterocycles. The SMILES string of the molecule is CC(C)(C)[C@H](O)[C@H](N)c1cccc(Br)c1F.Cl. The van der Waals surface area contributed by atoms with Crippen LogP contribution in [0.15, 0.2) is 22.7 Å². The molecule has 0 radical (unpaired) electrons. The fourth-order valence-corrected chi connectivity index (χ4v) is 1.87. The molecule has 0 heterocycles. The molecule has 0 unspecified atom stereocenters. The van der Waals surface area contributed by atoms with Gasteiger partial charge in [0.25, 0.3) is 0 Å². The summed E-state index contributed by atoms with van der Waals surface area (Å²) in [6, 6.07) is 4.18. The number of hydrogen-bond acceptors (Lipinski definition) is 2. The third-order valence-corrected chi connectivity index (χ3v) is 3.18. The predicted molar refractivity (Wildman–Crippen MR) is 73.7 cm³/mol. The molecule has 2 nitrogen and oxygen atoms in total. The largest absolute Gasteiger partial charge is 0.391 e. The summed E-state index contributed by atoms with van der Waals surface area (Å²) in [6.07, 6.45) is -0.795. The summed E-state index contributed by atoms with van der Waals surface area (Å²) < 4.78 is 14.1. The van der Waals surface area contributed by atoms with Crippen molar-refractivity contribution >= 4 is 28.3 Å². The molecule has 0 amide bonds. The standard InChI is InChI=1S/C12H17BrFNO.ClH/c1-12(2,3)11(16)10(15)7-5-4-6-8(13)9(7)14;/h4-6,10-11,16H,15H2,1-3H3;1H/t10-,11-;/m1./s1. The Hall–Kier alpha value is -0.160. The maximum Gasteiger partial charge on any atom is 0.142 e. The Balaban J connectivity index is 0.00000256. The molecule has 0 fully saturated rings. The minimum Gasteiger partial charge on any atom is -0.391 e. The molecule has 0 saturated carbocycles. The van der Waals surface area contributed by atoms with Gasteiger partial charge < -0.3 is 10.8 Å². The van der Waals surface area contributed by atoms with Crippen molar-refractivity contribution in [1.82, 2.24) is 0 Å². The number of aliphatic hydroxyl groups is 1. The van der Waals surface area contributed by atoms with Crippen molar-refractivity contribution in [3.05, 3.63) is 34.1 Å². The van der Waals surface area contributed by atoms with Crippen LogP contribution in [0.2, 0.25) is 0 Å². The molecule has 1 rings (SSSR count). The predicted octanol–water partition coefficient (Wildman–Crippen LogP) is 3.42. The summed E-state index contributed by atoms with van der Waals surface area (Å²) in [7, 11) is 0. The smallest absolute Gasteiger partial charge is 0.142 e. The van der Waals surface area contributed by atoms with E-state index in [-0.39, 0.29) is 17.8 Å². The van der Waals surface area contributed by atoms with Crippen LogP contribution in [0.3, 0.4) is 0 Å². The van der Waals surface area contributed by atoms with Crippen molar-refractivity contribution in [2.45, 2.75) is 32.9 Å². The van der Waals surface area contributed by atoms with Gasteiger partial charge in [-0.1, -0.05) is 32.9 Å². The molecule has 0 aromatic heterocycles. The van der Waals surface area contributed by atoms with Gasteiger partial charge in [0.15, 0.2) is 0 Å². The van der Waals surface area contributed by atoms with Crippen LogP contribution >= 0.6 is 28.3 Å². The second-order valence-corrected chi connectivity index (χ2v) is 5.83. The number of benzene rings is 1. The van der Waals surface area contributed by atoms with E-state index in [2.05, 4.69) is 15.9 Å². The third kappa shape index (κ3) is 3.91. The van der Waals surface area contributed by atoms with E-state index in [1.807, 2.05) is 20.8 Å². The lowest BCUT2D eigenvalue weighted by molar-refractivity contribution is 0.0391. The molecule has 3 N–H and O–H groups in total. The van der Waals surface area contributed by atoms with Crippen molar-refractivity contribution in [3.63, 3.8) is 0 Å². The van der Waals surface area contributed by atoms with Crippen LogP contribution in [0.25, 0.3) is 0 Å². The third-order valence-electron chi connectivity index (χ3n) is 2.57. The van der Waals surface area contributed by atoms with Gasteiger partial charge in [-0.05, 0) is 27.4 Å². The molecular formula is C12H18BrClFNO. The summed E-state index contributed by atoms with van der Waals surface area (Å²) in [5.41, 5.74) is 5.83. The van der Waals surface area contributed by atoms with Crippen LogP contribution in [0.5, 0.6) is 0 Å². The van der Waals surface area contributed by atoms with Crippen LogP contribution in [-0.2, 0) is 0 Å². The number of nitrogens with two attached hydrogens (primary N) is 1.